The molecule has 13 heavy (non-hydrogen) atoms. The number of carbonyl (C=O) groups excluding carboxylic acids is 1. The fourth-order valence-corrected chi connectivity index (χ4v) is 0.651. The first-order valence-electron chi connectivity index (χ1n) is 4.08. The summed E-state index contributed by atoms with van der Waals surface area (Å²) < 4.78 is 4.57. The minimum Gasteiger partial charge on any atom is -0.481 e. The number of carboxylic acid groups (broad SMARTS) is 1. The quantitative estimate of drug-likeness (QED) is 0.583. The van der Waals surface area contributed by atoms with Crippen molar-refractivity contribution in [1.29, 1.82) is 0 Å². The van der Waals surface area contributed by atoms with Gasteiger partial charge in [-0.2, -0.15) is 0 Å². The molecule has 76 valence electrons. The van der Waals surface area contributed by atoms with Crippen molar-refractivity contribution in [3.63, 3.8) is 0 Å². The first-order chi connectivity index (χ1) is 6.02. The zero-order valence-corrected chi connectivity index (χ0v) is 7.52. The Bertz CT molecular complexity index is 175. The van der Waals surface area contributed by atoms with Gasteiger partial charge in [-0.05, 0) is 13.3 Å². The topological polar surface area (TPSA) is 83.8 Å². The van der Waals surface area contributed by atoms with Gasteiger partial charge in [0, 0.05) is 6.42 Å². The van der Waals surface area contributed by atoms with E-state index in [4.69, 9.17) is 10.2 Å². The van der Waals surface area contributed by atoms with Crippen LogP contribution < -0.4 is 0 Å². The fourth-order valence-electron chi connectivity index (χ4n) is 0.651. The maximum Gasteiger partial charge on any atom is 0.306 e. The summed E-state index contributed by atoms with van der Waals surface area (Å²) >= 11 is 0. The number of esters is 1. The van der Waals surface area contributed by atoms with Crippen molar-refractivity contribution in [2.24, 2.45) is 0 Å². The number of hydrogen-bond acceptors (Lipinski definition) is 4. The van der Waals surface area contributed by atoms with Gasteiger partial charge >= 0.3 is 11.9 Å². The van der Waals surface area contributed by atoms with Gasteiger partial charge in [0.2, 0.25) is 0 Å². The molecule has 0 saturated heterocycles. The molecule has 0 radical (unpaired) electrons. The van der Waals surface area contributed by atoms with Crippen LogP contribution in [0.1, 0.15) is 26.2 Å². The minimum atomic E-state index is -0.997. The number of aliphatic hydroxyl groups excluding tert-OH is 1. The van der Waals surface area contributed by atoms with Crippen LogP contribution in [0.4, 0.5) is 0 Å². The number of ether oxygens (including phenoxy) is 1. The van der Waals surface area contributed by atoms with Crippen molar-refractivity contribution in [2.75, 3.05) is 6.61 Å². The van der Waals surface area contributed by atoms with Gasteiger partial charge in [-0.25, -0.2) is 0 Å². The molecule has 0 aliphatic heterocycles. The molecule has 5 nitrogen and oxygen atoms in total. The Kier molecular flexibility index (Phi) is 5.88. The van der Waals surface area contributed by atoms with Crippen molar-refractivity contribution in [3.05, 3.63) is 0 Å². The lowest BCUT2D eigenvalue weighted by Crippen LogP contribution is -2.11. The highest BCUT2D eigenvalue weighted by atomic mass is 16.5. The molecule has 2 N–H and O–H groups in total. The van der Waals surface area contributed by atoms with Gasteiger partial charge in [0.25, 0.3) is 0 Å². The third-order valence-corrected chi connectivity index (χ3v) is 1.35. The highest BCUT2D eigenvalue weighted by Crippen LogP contribution is 1.98. The second-order valence-corrected chi connectivity index (χ2v) is 2.75. The first-order valence-corrected chi connectivity index (χ1v) is 4.08. The molecule has 0 aliphatic carbocycles. The van der Waals surface area contributed by atoms with Crippen molar-refractivity contribution >= 4 is 11.9 Å². The third kappa shape index (κ3) is 8.81. The lowest BCUT2D eigenvalue weighted by atomic mass is 10.2. The molecule has 0 rings (SSSR count). The molecule has 0 aromatic heterocycles. The minimum absolute atomic E-state index is 0.103. The summed E-state index contributed by atoms with van der Waals surface area (Å²) in [4.78, 5) is 20.8. The van der Waals surface area contributed by atoms with Gasteiger partial charge < -0.3 is 14.9 Å². The summed E-state index contributed by atoms with van der Waals surface area (Å²) in [5, 5.41) is 17.0. The molecular formula is C8H14O5. The molecule has 1 unspecified atom stereocenters. The summed E-state index contributed by atoms with van der Waals surface area (Å²) in [5.74, 6) is -1.47. The lowest BCUT2D eigenvalue weighted by Gasteiger charge is -2.04. The van der Waals surface area contributed by atoms with Crippen LogP contribution in [0, 0.1) is 0 Å². The Balaban J connectivity index is 3.35. The molecule has 0 bridgehead atoms. The van der Waals surface area contributed by atoms with E-state index < -0.39 is 18.0 Å². The molecule has 0 aliphatic rings. The van der Waals surface area contributed by atoms with Gasteiger partial charge in [0.1, 0.15) is 6.61 Å². The van der Waals surface area contributed by atoms with Crippen LogP contribution >= 0.6 is 0 Å². The van der Waals surface area contributed by atoms with Crippen molar-refractivity contribution < 1.29 is 24.5 Å². The Hall–Kier alpha value is -1.10. The number of carbonyl (C=O) groups is 2. The number of aliphatic hydroxyl groups is 1. The Labute approximate surface area is 76.3 Å². The van der Waals surface area contributed by atoms with Crippen LogP contribution in [-0.2, 0) is 14.3 Å². The summed E-state index contributed by atoms with van der Waals surface area (Å²) in [6.45, 7) is 1.47. The Morgan fingerprint density at radius 1 is 1.38 bits per heavy atom. The fraction of sp³-hybridized carbons (Fsp3) is 0.750. The van der Waals surface area contributed by atoms with Crippen LogP contribution in [0.3, 0.4) is 0 Å². The molecule has 0 heterocycles. The van der Waals surface area contributed by atoms with Gasteiger partial charge in [-0.3, -0.25) is 9.59 Å². The van der Waals surface area contributed by atoms with Gasteiger partial charge in [0.05, 0.1) is 12.5 Å². The van der Waals surface area contributed by atoms with Crippen LogP contribution in [0.2, 0.25) is 0 Å². The van der Waals surface area contributed by atoms with Crippen LogP contribution in [0.15, 0.2) is 0 Å². The van der Waals surface area contributed by atoms with Crippen LogP contribution in [-0.4, -0.2) is 34.9 Å². The highest BCUT2D eigenvalue weighted by molar-refractivity contribution is 5.70. The van der Waals surface area contributed by atoms with Gasteiger partial charge in [0.15, 0.2) is 0 Å². The SMILES string of the molecule is CC(O)CCC(=O)OCCC(=O)O. The van der Waals surface area contributed by atoms with Gasteiger partial charge in [-0.1, -0.05) is 0 Å². The number of rotatable bonds is 6. The smallest absolute Gasteiger partial charge is 0.306 e. The Morgan fingerprint density at radius 2 is 2.00 bits per heavy atom. The summed E-state index contributed by atoms with van der Waals surface area (Å²) in [6.07, 6.45) is -0.254. The molecule has 0 saturated carbocycles. The number of hydrogen-bond donors (Lipinski definition) is 2. The van der Waals surface area contributed by atoms with Crippen molar-refractivity contribution in [3.8, 4) is 0 Å². The summed E-state index contributed by atoms with van der Waals surface area (Å²) in [7, 11) is 0. The van der Waals surface area contributed by atoms with E-state index in [2.05, 4.69) is 4.74 Å². The van der Waals surface area contributed by atoms with E-state index >= 15 is 0 Å². The number of aliphatic carboxylic acids is 1. The maximum absolute atomic E-state index is 10.8. The zero-order valence-electron chi connectivity index (χ0n) is 7.52. The van der Waals surface area contributed by atoms with E-state index in [0.717, 1.165) is 0 Å². The molecule has 1 atom stereocenters. The second-order valence-electron chi connectivity index (χ2n) is 2.75. The van der Waals surface area contributed by atoms with Crippen LogP contribution in [0.5, 0.6) is 0 Å². The highest BCUT2D eigenvalue weighted by Gasteiger charge is 2.06. The average Bonchev–Trinajstić information content (AvgIpc) is 2.00. The second kappa shape index (κ2) is 6.42. The van der Waals surface area contributed by atoms with Crippen LogP contribution in [0.25, 0.3) is 0 Å². The van der Waals surface area contributed by atoms with E-state index in [-0.39, 0.29) is 19.4 Å². The van der Waals surface area contributed by atoms with E-state index in [1.807, 2.05) is 0 Å². The average molecular weight is 190 g/mol. The Morgan fingerprint density at radius 3 is 2.46 bits per heavy atom. The van der Waals surface area contributed by atoms with Crippen molar-refractivity contribution in [1.82, 2.24) is 0 Å². The maximum atomic E-state index is 10.8. The zero-order chi connectivity index (χ0) is 10.3. The summed E-state index contributed by atoms with van der Waals surface area (Å²) in [6, 6.07) is 0. The molecule has 0 spiro atoms. The largest absolute Gasteiger partial charge is 0.481 e. The van der Waals surface area contributed by atoms with E-state index in [0.29, 0.717) is 6.42 Å². The van der Waals surface area contributed by atoms with E-state index in [1.165, 1.54) is 0 Å². The molecule has 5 heteroatoms. The lowest BCUT2D eigenvalue weighted by molar-refractivity contribution is -0.147. The predicted octanol–water partition coefficient (Wildman–Crippen LogP) is 0.165. The predicted molar refractivity (Wildman–Crippen MR) is 44.1 cm³/mol. The standard InChI is InChI=1S/C8H14O5/c1-6(9)2-3-8(12)13-5-4-7(10)11/h6,9H,2-5H2,1H3,(H,10,11). The molecule has 0 aromatic carbocycles. The first kappa shape index (κ1) is 11.9. The molecule has 0 fully saturated rings. The normalized spacial score (nSPS) is 12.2. The molecule has 0 amide bonds. The van der Waals surface area contributed by atoms with E-state index in [9.17, 15) is 9.59 Å². The number of carboxylic acids is 1. The molecular weight excluding hydrogens is 176 g/mol. The molecule has 0 aromatic rings. The van der Waals surface area contributed by atoms with Crippen molar-refractivity contribution in [2.45, 2.75) is 32.3 Å². The summed E-state index contributed by atoms with van der Waals surface area (Å²) in [5.41, 5.74) is 0. The third-order valence-electron chi connectivity index (χ3n) is 1.35. The monoisotopic (exact) mass is 190 g/mol. The van der Waals surface area contributed by atoms with Gasteiger partial charge in [-0.15, -0.1) is 0 Å². The van der Waals surface area contributed by atoms with E-state index in [1.54, 1.807) is 6.92 Å².